The number of ether oxygens (including phenoxy) is 2. The monoisotopic (exact) mass is 437 g/mol. The number of nitrogens with zero attached hydrogens (tertiary/aromatic N) is 3. The van der Waals surface area contributed by atoms with E-state index in [1.54, 1.807) is 6.20 Å². The fourth-order valence-corrected chi connectivity index (χ4v) is 5.27. The Morgan fingerprint density at radius 3 is 2.52 bits per heavy atom. The van der Waals surface area contributed by atoms with Crippen LogP contribution in [-0.4, -0.2) is 72.6 Å². The van der Waals surface area contributed by atoms with Crippen LogP contribution in [0.2, 0.25) is 0 Å². The third kappa shape index (κ3) is 3.94. The summed E-state index contributed by atoms with van der Waals surface area (Å²) in [5, 5.41) is 0.920. The molecule has 0 radical (unpaired) electrons. The lowest BCUT2D eigenvalue weighted by Crippen LogP contribution is -2.43. The largest absolute Gasteiger partial charge is 0.378 e. The van der Waals surface area contributed by atoms with Crippen molar-refractivity contribution in [3.63, 3.8) is 0 Å². The maximum absolute atomic E-state index is 13.4. The summed E-state index contributed by atoms with van der Waals surface area (Å²) in [6, 6.07) is 13.1. The molecular weight excluding hydrogens is 414 g/mol. The molecule has 2 aliphatic heterocycles. The molecule has 0 aliphatic carbocycles. The first kappa shape index (κ1) is 20.1. The minimum absolute atomic E-state index is 0.0172. The Labute approximate surface area is 184 Å². The van der Waals surface area contributed by atoms with Crippen LogP contribution in [-0.2, 0) is 9.47 Å². The fraction of sp³-hybridized carbons (Fsp3) is 0.348. The van der Waals surface area contributed by atoms with Crippen LogP contribution in [0.15, 0.2) is 48.7 Å². The highest BCUT2D eigenvalue weighted by molar-refractivity contribution is 7.20. The molecule has 0 spiro atoms. The van der Waals surface area contributed by atoms with Crippen LogP contribution in [0.25, 0.3) is 10.2 Å². The number of benzene rings is 1. The summed E-state index contributed by atoms with van der Waals surface area (Å²) in [7, 11) is 0. The number of carbonyl (C=O) groups is 2. The molecule has 1 aromatic carbocycles. The van der Waals surface area contributed by atoms with Crippen LogP contribution in [0.5, 0.6) is 0 Å². The van der Waals surface area contributed by atoms with E-state index in [4.69, 9.17) is 9.47 Å². The van der Waals surface area contributed by atoms with Crippen LogP contribution >= 0.6 is 11.3 Å². The summed E-state index contributed by atoms with van der Waals surface area (Å²) in [4.78, 5) is 36.0. The summed E-state index contributed by atoms with van der Waals surface area (Å²) < 4.78 is 11.5. The highest BCUT2D eigenvalue weighted by atomic mass is 32.1. The van der Waals surface area contributed by atoms with Crippen LogP contribution in [0.1, 0.15) is 31.7 Å². The van der Waals surface area contributed by atoms with Crippen molar-refractivity contribution in [2.75, 3.05) is 46.0 Å². The number of aromatic nitrogens is 1. The minimum atomic E-state index is -0.376. The molecule has 0 unspecified atom stereocenters. The molecule has 8 heteroatoms. The molecular formula is C23H23N3O4S. The zero-order valence-electron chi connectivity index (χ0n) is 17.0. The van der Waals surface area contributed by atoms with E-state index in [2.05, 4.69) is 4.98 Å². The second-order valence-electron chi connectivity index (χ2n) is 7.58. The van der Waals surface area contributed by atoms with Gasteiger partial charge in [0.15, 0.2) is 0 Å². The lowest BCUT2D eigenvalue weighted by molar-refractivity contribution is -0.0225. The van der Waals surface area contributed by atoms with Crippen LogP contribution in [0.4, 0.5) is 0 Å². The summed E-state index contributed by atoms with van der Waals surface area (Å²) in [6.45, 7) is 3.59. The predicted octanol–water partition coefficient (Wildman–Crippen LogP) is 2.98. The summed E-state index contributed by atoms with van der Waals surface area (Å²) in [5.74, 6) is -0.0379. The van der Waals surface area contributed by atoms with Crippen molar-refractivity contribution in [1.82, 2.24) is 14.8 Å². The first-order valence-corrected chi connectivity index (χ1v) is 11.2. The van der Waals surface area contributed by atoms with Gasteiger partial charge in [0, 0.05) is 42.3 Å². The predicted molar refractivity (Wildman–Crippen MR) is 117 cm³/mol. The van der Waals surface area contributed by atoms with Gasteiger partial charge in [-0.25, -0.2) is 4.98 Å². The molecule has 31 heavy (non-hydrogen) atoms. The van der Waals surface area contributed by atoms with Crippen LogP contribution in [0.3, 0.4) is 0 Å². The van der Waals surface area contributed by atoms with Gasteiger partial charge in [-0.2, -0.15) is 0 Å². The summed E-state index contributed by atoms with van der Waals surface area (Å²) in [5.41, 5.74) is 1.50. The molecule has 1 atom stereocenters. The van der Waals surface area contributed by atoms with Gasteiger partial charge in [-0.05, 0) is 18.2 Å². The third-order valence-electron chi connectivity index (χ3n) is 5.69. The quantitative estimate of drug-likeness (QED) is 0.630. The number of morpholine rings is 2. The maximum Gasteiger partial charge on any atom is 0.264 e. The zero-order chi connectivity index (χ0) is 21.2. The van der Waals surface area contributed by atoms with Gasteiger partial charge in [0.05, 0.1) is 26.4 Å². The van der Waals surface area contributed by atoms with Crippen molar-refractivity contribution in [2.24, 2.45) is 0 Å². The Balaban J connectivity index is 1.48. The van der Waals surface area contributed by atoms with Gasteiger partial charge in [-0.1, -0.05) is 24.3 Å². The van der Waals surface area contributed by atoms with Crippen LogP contribution < -0.4 is 0 Å². The Bertz CT molecular complexity index is 1090. The van der Waals surface area contributed by atoms with E-state index in [0.717, 1.165) is 15.8 Å². The Kier molecular flexibility index (Phi) is 5.67. The SMILES string of the molecule is O=C(c1ccccc1)N1CCO[C@@H](c2c(C(=O)N3CCOCC3)sc3ncccc23)C1. The number of amides is 2. The molecule has 2 aliphatic rings. The van der Waals surface area contributed by atoms with Gasteiger partial charge in [0.2, 0.25) is 0 Å². The number of hydrogen-bond donors (Lipinski definition) is 0. The van der Waals surface area contributed by atoms with E-state index in [9.17, 15) is 9.59 Å². The van der Waals surface area contributed by atoms with Crippen LogP contribution in [0, 0.1) is 0 Å². The molecule has 3 aromatic rings. The Hall–Kier alpha value is -2.81. The Morgan fingerprint density at radius 1 is 0.935 bits per heavy atom. The van der Waals surface area contributed by atoms with Gasteiger partial charge < -0.3 is 19.3 Å². The summed E-state index contributed by atoms with van der Waals surface area (Å²) >= 11 is 1.40. The lowest BCUT2D eigenvalue weighted by atomic mass is 10.0. The van der Waals surface area contributed by atoms with Gasteiger partial charge in [0.1, 0.15) is 15.8 Å². The topological polar surface area (TPSA) is 72.0 Å². The van der Waals surface area contributed by atoms with Gasteiger partial charge >= 0.3 is 0 Å². The number of hydrogen-bond acceptors (Lipinski definition) is 6. The average molecular weight is 438 g/mol. The number of carbonyl (C=O) groups excluding carboxylic acids is 2. The molecule has 0 N–H and O–H groups in total. The second kappa shape index (κ2) is 8.74. The average Bonchev–Trinajstić information content (AvgIpc) is 3.24. The van der Waals surface area contributed by atoms with Gasteiger partial charge in [-0.15, -0.1) is 11.3 Å². The van der Waals surface area contributed by atoms with Crippen molar-refractivity contribution in [2.45, 2.75) is 6.10 Å². The van der Waals surface area contributed by atoms with Gasteiger partial charge in [-0.3, -0.25) is 9.59 Å². The maximum atomic E-state index is 13.4. The normalized spacial score (nSPS) is 19.5. The second-order valence-corrected chi connectivity index (χ2v) is 8.58. The minimum Gasteiger partial charge on any atom is -0.378 e. The Morgan fingerprint density at radius 2 is 1.71 bits per heavy atom. The fourth-order valence-electron chi connectivity index (χ4n) is 4.11. The molecule has 4 heterocycles. The standard InChI is InChI=1S/C23H23N3O4S/c27-22(16-5-2-1-3-6-16)26-11-14-30-18(15-26)19-17-7-4-8-24-21(17)31-20(19)23(28)25-9-12-29-13-10-25/h1-8,18H,9-15H2/t18-/m1/s1. The highest BCUT2D eigenvalue weighted by Gasteiger charge is 2.33. The van der Waals surface area contributed by atoms with E-state index in [1.807, 2.05) is 52.3 Å². The van der Waals surface area contributed by atoms with Crippen molar-refractivity contribution < 1.29 is 19.1 Å². The molecule has 2 amide bonds. The van der Waals surface area contributed by atoms with E-state index >= 15 is 0 Å². The molecule has 2 aromatic heterocycles. The highest BCUT2D eigenvalue weighted by Crippen LogP contribution is 2.38. The number of pyridine rings is 1. The smallest absolute Gasteiger partial charge is 0.264 e. The van der Waals surface area contributed by atoms with E-state index in [1.165, 1.54) is 11.3 Å². The first-order valence-electron chi connectivity index (χ1n) is 10.4. The molecule has 0 saturated carbocycles. The van der Waals surface area contributed by atoms with Gasteiger partial charge in [0.25, 0.3) is 11.8 Å². The first-order chi connectivity index (χ1) is 15.2. The van der Waals surface area contributed by atoms with E-state index in [0.29, 0.717) is 56.4 Å². The molecule has 7 nitrogen and oxygen atoms in total. The number of thiophene rings is 1. The van der Waals surface area contributed by atoms with Crippen molar-refractivity contribution >= 4 is 33.4 Å². The third-order valence-corrected chi connectivity index (χ3v) is 6.81. The van der Waals surface area contributed by atoms with Crippen molar-refractivity contribution in [3.05, 3.63) is 64.7 Å². The molecule has 5 rings (SSSR count). The summed E-state index contributed by atoms with van der Waals surface area (Å²) in [6.07, 6.45) is 1.36. The van der Waals surface area contributed by atoms with E-state index in [-0.39, 0.29) is 17.9 Å². The molecule has 0 bridgehead atoms. The molecule has 160 valence electrons. The molecule has 2 fully saturated rings. The number of rotatable bonds is 3. The van der Waals surface area contributed by atoms with Crippen molar-refractivity contribution in [1.29, 1.82) is 0 Å². The van der Waals surface area contributed by atoms with E-state index < -0.39 is 0 Å². The number of fused-ring (bicyclic) bond motifs is 1. The molecule has 2 saturated heterocycles. The van der Waals surface area contributed by atoms with Crippen molar-refractivity contribution in [3.8, 4) is 0 Å². The lowest BCUT2D eigenvalue weighted by Gasteiger charge is -2.34. The zero-order valence-corrected chi connectivity index (χ0v) is 17.8.